The molecule has 23 heavy (non-hydrogen) atoms. The maximum Gasteiger partial charge on any atom is 0.321 e. The summed E-state index contributed by atoms with van der Waals surface area (Å²) in [5.41, 5.74) is 0.648. The minimum atomic E-state index is -0.450. The van der Waals surface area contributed by atoms with Crippen molar-refractivity contribution in [2.75, 3.05) is 18.5 Å². The molecule has 1 amide bonds. The maximum atomic E-state index is 12.0. The van der Waals surface area contributed by atoms with Gasteiger partial charge in [-0.15, -0.1) is 0 Å². The van der Waals surface area contributed by atoms with E-state index in [1.54, 1.807) is 36.4 Å². The molecule has 1 aliphatic rings. The Hall–Kier alpha value is -2.60. The number of anilines is 1. The highest BCUT2D eigenvalue weighted by molar-refractivity contribution is 6.01. The molecular formula is C17H18N2O4. The summed E-state index contributed by atoms with van der Waals surface area (Å²) in [4.78, 5) is 12.0. The second-order valence-corrected chi connectivity index (χ2v) is 5.34. The highest BCUT2D eigenvalue weighted by atomic mass is 16.5. The summed E-state index contributed by atoms with van der Waals surface area (Å²) >= 11 is 0. The molecule has 1 saturated heterocycles. The van der Waals surface area contributed by atoms with E-state index in [0.29, 0.717) is 17.0 Å². The predicted octanol–water partition coefficient (Wildman–Crippen LogP) is 2.13. The normalized spacial score (nSPS) is 17.0. The summed E-state index contributed by atoms with van der Waals surface area (Å²) in [5, 5.41) is 14.2. The van der Waals surface area contributed by atoms with Crippen molar-refractivity contribution in [2.24, 2.45) is 0 Å². The molecule has 0 aliphatic carbocycles. The fourth-order valence-electron chi connectivity index (χ4n) is 2.40. The van der Waals surface area contributed by atoms with E-state index in [1.807, 2.05) is 0 Å². The maximum absolute atomic E-state index is 12.0. The molecule has 0 spiro atoms. The fourth-order valence-corrected chi connectivity index (χ4v) is 2.40. The van der Waals surface area contributed by atoms with E-state index in [-0.39, 0.29) is 11.8 Å². The molecule has 1 fully saturated rings. The van der Waals surface area contributed by atoms with Crippen LogP contribution in [0.1, 0.15) is 23.3 Å². The molecule has 1 N–H and O–H groups in total. The van der Waals surface area contributed by atoms with Crippen molar-refractivity contribution in [1.82, 2.24) is 0 Å². The van der Waals surface area contributed by atoms with E-state index in [2.05, 4.69) is 5.32 Å². The molecule has 0 saturated carbocycles. The van der Waals surface area contributed by atoms with Crippen LogP contribution in [-0.4, -0.2) is 25.2 Å². The molecule has 1 aliphatic heterocycles. The van der Waals surface area contributed by atoms with Gasteiger partial charge in [0, 0.05) is 24.4 Å². The Morgan fingerprint density at radius 2 is 2.13 bits per heavy atom. The van der Waals surface area contributed by atoms with Gasteiger partial charge in [-0.25, -0.2) is 0 Å². The van der Waals surface area contributed by atoms with E-state index in [0.717, 1.165) is 25.2 Å². The number of nitrogens with one attached hydrogen (secondary N) is 1. The van der Waals surface area contributed by atoms with Gasteiger partial charge in [0.25, 0.3) is 5.69 Å². The molecule has 1 unspecified atom stereocenters. The van der Waals surface area contributed by atoms with Crippen LogP contribution in [-0.2, 0) is 4.74 Å². The number of rotatable bonds is 5. The third kappa shape index (κ3) is 3.98. The average Bonchev–Trinajstić information content (AvgIpc) is 3.08. The molecule has 6 nitrogen and oxygen atoms in total. The Morgan fingerprint density at radius 3 is 2.83 bits per heavy atom. The van der Waals surface area contributed by atoms with Gasteiger partial charge < -0.3 is 20.0 Å². The molecule has 0 radical (unpaired) electrons. The van der Waals surface area contributed by atoms with Gasteiger partial charge >= 0.3 is 5.91 Å². The lowest BCUT2D eigenvalue weighted by Crippen LogP contribution is -2.36. The Labute approximate surface area is 134 Å². The number of hydrogen-bond acceptors (Lipinski definition) is 4. The van der Waals surface area contributed by atoms with Gasteiger partial charge in [-0.2, -0.15) is 4.73 Å². The molecule has 1 atom stereocenters. The van der Waals surface area contributed by atoms with Crippen LogP contribution in [0.4, 0.5) is 5.69 Å². The van der Waals surface area contributed by atoms with Crippen LogP contribution in [0.3, 0.4) is 0 Å². The number of pyridine rings is 1. The van der Waals surface area contributed by atoms with Crippen LogP contribution in [0.5, 0.6) is 5.75 Å². The van der Waals surface area contributed by atoms with Gasteiger partial charge in [0.2, 0.25) is 0 Å². The van der Waals surface area contributed by atoms with E-state index in [4.69, 9.17) is 9.47 Å². The van der Waals surface area contributed by atoms with Crippen LogP contribution in [0.25, 0.3) is 0 Å². The van der Waals surface area contributed by atoms with Crippen molar-refractivity contribution >= 4 is 11.6 Å². The number of nitrogens with zero attached hydrogens (tertiary/aromatic N) is 1. The molecule has 0 bridgehead atoms. The van der Waals surface area contributed by atoms with E-state index >= 15 is 0 Å². The number of benzene rings is 1. The second kappa shape index (κ2) is 7.11. The number of carbonyl (C=O) groups excluding carboxylic acids is 1. The minimum absolute atomic E-state index is 0.0474. The summed E-state index contributed by atoms with van der Waals surface area (Å²) in [6.45, 7) is 1.34. The summed E-state index contributed by atoms with van der Waals surface area (Å²) in [6, 6.07) is 11.7. The molecule has 2 aromatic rings. The first-order chi connectivity index (χ1) is 11.2. The first kappa shape index (κ1) is 15.3. The molecule has 3 rings (SSSR count). The van der Waals surface area contributed by atoms with E-state index in [1.165, 1.54) is 12.3 Å². The zero-order chi connectivity index (χ0) is 16.1. The number of aromatic nitrogens is 1. The smallest absolute Gasteiger partial charge is 0.321 e. The van der Waals surface area contributed by atoms with Gasteiger partial charge in [-0.3, -0.25) is 4.79 Å². The third-order valence-electron chi connectivity index (χ3n) is 3.63. The van der Waals surface area contributed by atoms with Crippen LogP contribution >= 0.6 is 0 Å². The van der Waals surface area contributed by atoms with Crippen LogP contribution < -0.4 is 14.8 Å². The lowest BCUT2D eigenvalue weighted by Gasteiger charge is -2.12. The SMILES string of the molecule is O=C(Nc1ccc(OCC2CCCO2)cc1)c1cccc[n+]1[O-]. The van der Waals surface area contributed by atoms with Gasteiger partial charge in [-0.05, 0) is 43.2 Å². The Kier molecular flexibility index (Phi) is 4.73. The first-order valence-electron chi connectivity index (χ1n) is 7.56. The van der Waals surface area contributed by atoms with E-state index < -0.39 is 5.91 Å². The van der Waals surface area contributed by atoms with Gasteiger partial charge in [-0.1, -0.05) is 0 Å². The molecule has 2 heterocycles. The van der Waals surface area contributed by atoms with E-state index in [9.17, 15) is 10.0 Å². The zero-order valence-corrected chi connectivity index (χ0v) is 12.6. The van der Waals surface area contributed by atoms with Crippen molar-refractivity contribution in [3.05, 3.63) is 59.6 Å². The van der Waals surface area contributed by atoms with Crippen molar-refractivity contribution in [3.8, 4) is 5.75 Å². The molecular weight excluding hydrogens is 296 g/mol. The van der Waals surface area contributed by atoms with Gasteiger partial charge in [0.05, 0.1) is 6.10 Å². The highest BCUT2D eigenvalue weighted by Crippen LogP contribution is 2.18. The van der Waals surface area contributed by atoms with Gasteiger partial charge in [0.1, 0.15) is 12.4 Å². The van der Waals surface area contributed by atoms with Crippen LogP contribution in [0.15, 0.2) is 48.7 Å². The fraction of sp³-hybridized carbons (Fsp3) is 0.294. The lowest BCUT2D eigenvalue weighted by atomic mass is 10.2. The Bertz CT molecular complexity index is 667. The first-order valence-corrected chi connectivity index (χ1v) is 7.56. The van der Waals surface area contributed by atoms with Crippen LogP contribution in [0.2, 0.25) is 0 Å². The van der Waals surface area contributed by atoms with Gasteiger partial charge in [0.15, 0.2) is 6.20 Å². The number of hydrogen-bond donors (Lipinski definition) is 1. The monoisotopic (exact) mass is 314 g/mol. The zero-order valence-electron chi connectivity index (χ0n) is 12.6. The number of amides is 1. The third-order valence-corrected chi connectivity index (χ3v) is 3.63. The highest BCUT2D eigenvalue weighted by Gasteiger charge is 2.17. The average molecular weight is 314 g/mol. The van der Waals surface area contributed by atoms with Crippen molar-refractivity contribution in [3.63, 3.8) is 0 Å². The molecule has 120 valence electrons. The summed E-state index contributed by atoms with van der Waals surface area (Å²) in [7, 11) is 0. The minimum Gasteiger partial charge on any atom is -0.618 e. The van der Waals surface area contributed by atoms with Crippen molar-refractivity contribution < 1.29 is 19.0 Å². The summed E-state index contributed by atoms with van der Waals surface area (Å²) in [6.07, 6.45) is 3.56. The summed E-state index contributed by atoms with van der Waals surface area (Å²) in [5.74, 6) is 0.269. The Balaban J connectivity index is 1.56. The number of carbonyl (C=O) groups is 1. The second-order valence-electron chi connectivity index (χ2n) is 5.34. The van der Waals surface area contributed by atoms with Crippen molar-refractivity contribution in [1.29, 1.82) is 0 Å². The predicted molar refractivity (Wildman–Crippen MR) is 84.3 cm³/mol. The summed E-state index contributed by atoms with van der Waals surface area (Å²) < 4.78 is 11.7. The topological polar surface area (TPSA) is 74.5 Å². The molecule has 1 aromatic heterocycles. The van der Waals surface area contributed by atoms with Crippen molar-refractivity contribution in [2.45, 2.75) is 18.9 Å². The van der Waals surface area contributed by atoms with Crippen LogP contribution in [0, 0.1) is 5.21 Å². The number of ether oxygens (including phenoxy) is 2. The molecule has 1 aromatic carbocycles. The lowest BCUT2D eigenvalue weighted by molar-refractivity contribution is -0.607. The standard InChI is InChI=1S/C17H18N2O4/c20-17(16-5-1-2-10-19(16)21)18-13-6-8-14(9-7-13)23-12-15-4-3-11-22-15/h1-2,5-10,15H,3-4,11-12H2,(H,18,20). The largest absolute Gasteiger partial charge is 0.618 e. The Morgan fingerprint density at radius 1 is 1.30 bits per heavy atom. The molecule has 6 heteroatoms. The quantitative estimate of drug-likeness (QED) is 0.678.